The van der Waals surface area contributed by atoms with Crippen LogP contribution in [-0.4, -0.2) is 71.6 Å². The second kappa shape index (κ2) is 8.51. The number of hydrogen-bond donors (Lipinski definition) is 0. The number of carbonyl (C=O) groups is 1. The van der Waals surface area contributed by atoms with E-state index in [-0.39, 0.29) is 5.91 Å². The Morgan fingerprint density at radius 2 is 2.00 bits per heavy atom. The highest BCUT2D eigenvalue weighted by atomic mass is 16.5. The molecule has 2 aromatic rings. The van der Waals surface area contributed by atoms with Gasteiger partial charge in [0.25, 0.3) is 5.91 Å². The minimum atomic E-state index is -0.179. The third-order valence-electron chi connectivity index (χ3n) is 4.24. The fraction of sp³-hybridized carbons (Fsp3) is 0.444. The van der Waals surface area contributed by atoms with Gasteiger partial charge in [-0.2, -0.15) is 5.26 Å². The van der Waals surface area contributed by atoms with Gasteiger partial charge in [-0.25, -0.2) is 4.98 Å². The predicted molar refractivity (Wildman–Crippen MR) is 92.9 cm³/mol. The third kappa shape index (κ3) is 4.50. The molecule has 1 amide bonds. The van der Waals surface area contributed by atoms with Crippen LogP contribution in [0.1, 0.15) is 16.9 Å². The highest BCUT2D eigenvalue weighted by molar-refractivity contribution is 5.93. The molecule has 0 atom stereocenters. The lowest BCUT2D eigenvalue weighted by molar-refractivity contribution is 0.0325. The first-order valence-corrected chi connectivity index (χ1v) is 8.46. The van der Waals surface area contributed by atoms with Gasteiger partial charge in [0.15, 0.2) is 0 Å². The monoisotopic (exact) mass is 339 g/mol. The van der Waals surface area contributed by atoms with E-state index < -0.39 is 0 Å². The molecule has 3 rings (SSSR count). The van der Waals surface area contributed by atoms with Crippen molar-refractivity contribution >= 4 is 16.9 Å². The van der Waals surface area contributed by atoms with E-state index in [2.05, 4.69) is 20.9 Å². The molecule has 1 aromatic carbocycles. The first-order chi connectivity index (χ1) is 12.3. The second-order valence-corrected chi connectivity index (χ2v) is 5.90. The maximum atomic E-state index is 12.8. The lowest BCUT2D eigenvalue weighted by Gasteiger charge is -2.29. The zero-order valence-electron chi connectivity index (χ0n) is 14.1. The van der Waals surface area contributed by atoms with Crippen molar-refractivity contribution in [2.45, 2.75) is 6.42 Å². The molecule has 0 saturated carbocycles. The van der Waals surface area contributed by atoms with Gasteiger partial charge >= 0.3 is 0 Å². The van der Waals surface area contributed by atoms with E-state index in [4.69, 9.17) is 10.00 Å². The number of para-hydroxylation sites is 2. The van der Waals surface area contributed by atoms with E-state index in [0.717, 1.165) is 38.4 Å². The van der Waals surface area contributed by atoms with Crippen LogP contribution < -0.4 is 0 Å². The number of ether oxygens (including phenoxy) is 1. The van der Waals surface area contributed by atoms with Gasteiger partial charge in [0.05, 0.1) is 42.9 Å². The molecule has 0 N–H and O–H groups in total. The number of aromatic nitrogens is 2. The van der Waals surface area contributed by atoms with Gasteiger partial charge in [-0.05, 0) is 12.1 Å². The van der Waals surface area contributed by atoms with Gasteiger partial charge in [0, 0.05) is 32.7 Å². The Morgan fingerprint density at radius 1 is 1.24 bits per heavy atom. The van der Waals surface area contributed by atoms with Gasteiger partial charge in [0.2, 0.25) is 0 Å². The molecule has 0 spiro atoms. The summed E-state index contributed by atoms with van der Waals surface area (Å²) < 4.78 is 5.35. The van der Waals surface area contributed by atoms with E-state index in [1.165, 1.54) is 6.20 Å². The van der Waals surface area contributed by atoms with Crippen LogP contribution in [0.5, 0.6) is 0 Å². The summed E-state index contributed by atoms with van der Waals surface area (Å²) in [7, 11) is 0. The van der Waals surface area contributed by atoms with Gasteiger partial charge in [-0.3, -0.25) is 14.7 Å². The molecule has 0 bridgehead atoms. The molecular formula is C18H21N5O2. The Labute approximate surface area is 146 Å². The number of nitrogens with zero attached hydrogens (tertiary/aromatic N) is 5. The van der Waals surface area contributed by atoms with Crippen LogP contribution in [0.25, 0.3) is 11.0 Å². The molecule has 7 heteroatoms. The van der Waals surface area contributed by atoms with Crippen molar-refractivity contribution in [3.05, 3.63) is 36.2 Å². The molecule has 25 heavy (non-hydrogen) atoms. The van der Waals surface area contributed by atoms with Crippen LogP contribution in [0, 0.1) is 11.3 Å². The lowest BCUT2D eigenvalue weighted by atomic mass is 10.2. The van der Waals surface area contributed by atoms with Gasteiger partial charge in [0.1, 0.15) is 5.69 Å². The Bertz CT molecular complexity index is 767. The SMILES string of the molecule is N#CCCN(CCN1CCOCC1)C(=O)c1cnc2ccccc2n1. The Hall–Kier alpha value is -2.56. The maximum Gasteiger partial charge on any atom is 0.274 e. The van der Waals surface area contributed by atoms with Crippen LogP contribution in [-0.2, 0) is 4.74 Å². The van der Waals surface area contributed by atoms with Crippen molar-refractivity contribution < 1.29 is 9.53 Å². The minimum absolute atomic E-state index is 0.179. The number of benzene rings is 1. The topological polar surface area (TPSA) is 82.4 Å². The summed E-state index contributed by atoms with van der Waals surface area (Å²) in [6.45, 7) is 4.92. The smallest absolute Gasteiger partial charge is 0.274 e. The van der Waals surface area contributed by atoms with Crippen molar-refractivity contribution in [3.8, 4) is 6.07 Å². The largest absolute Gasteiger partial charge is 0.379 e. The number of morpholine rings is 1. The summed E-state index contributed by atoms with van der Waals surface area (Å²) in [6.07, 6.45) is 1.81. The number of carbonyl (C=O) groups excluding carboxylic acids is 1. The highest BCUT2D eigenvalue weighted by Gasteiger charge is 2.19. The number of rotatable bonds is 6. The fourth-order valence-corrected chi connectivity index (χ4v) is 2.81. The van der Waals surface area contributed by atoms with Crippen molar-refractivity contribution in [3.63, 3.8) is 0 Å². The summed E-state index contributed by atoms with van der Waals surface area (Å²) >= 11 is 0. The molecule has 0 unspecified atom stereocenters. The van der Waals surface area contributed by atoms with Crippen molar-refractivity contribution in [1.82, 2.24) is 19.8 Å². The molecule has 1 saturated heterocycles. The number of amides is 1. The average Bonchev–Trinajstić information content (AvgIpc) is 2.68. The Balaban J connectivity index is 1.71. The number of fused-ring (bicyclic) bond motifs is 1. The Kier molecular flexibility index (Phi) is 5.88. The fourth-order valence-electron chi connectivity index (χ4n) is 2.81. The van der Waals surface area contributed by atoms with Crippen molar-refractivity contribution in [1.29, 1.82) is 5.26 Å². The molecule has 1 aliphatic rings. The summed E-state index contributed by atoms with van der Waals surface area (Å²) in [4.78, 5) is 25.5. The van der Waals surface area contributed by atoms with Gasteiger partial charge in [-0.1, -0.05) is 12.1 Å². The summed E-state index contributed by atoms with van der Waals surface area (Å²) in [6, 6.07) is 9.57. The summed E-state index contributed by atoms with van der Waals surface area (Å²) in [5, 5.41) is 8.88. The molecule has 1 aliphatic heterocycles. The molecule has 0 radical (unpaired) electrons. The zero-order chi connectivity index (χ0) is 17.5. The molecule has 2 heterocycles. The standard InChI is InChI=1S/C18H21N5O2/c19-6-3-7-23(9-8-22-10-12-25-13-11-22)18(24)17-14-20-15-4-1-2-5-16(15)21-17/h1-2,4-5,14H,3,7-13H2. The van der Waals surface area contributed by atoms with Gasteiger partial charge in [-0.15, -0.1) is 0 Å². The van der Waals surface area contributed by atoms with E-state index in [9.17, 15) is 4.79 Å². The first kappa shape index (κ1) is 17.3. The first-order valence-electron chi connectivity index (χ1n) is 8.46. The summed E-state index contributed by atoms with van der Waals surface area (Å²) in [5.41, 5.74) is 1.77. The summed E-state index contributed by atoms with van der Waals surface area (Å²) in [5.74, 6) is -0.179. The molecule has 1 aromatic heterocycles. The zero-order valence-corrected chi connectivity index (χ0v) is 14.1. The minimum Gasteiger partial charge on any atom is -0.379 e. The molecule has 0 aliphatic carbocycles. The highest BCUT2D eigenvalue weighted by Crippen LogP contribution is 2.11. The molecular weight excluding hydrogens is 318 g/mol. The third-order valence-corrected chi connectivity index (χ3v) is 4.24. The van der Waals surface area contributed by atoms with Crippen LogP contribution in [0.15, 0.2) is 30.5 Å². The van der Waals surface area contributed by atoms with E-state index in [0.29, 0.717) is 30.7 Å². The van der Waals surface area contributed by atoms with Crippen LogP contribution in [0.4, 0.5) is 0 Å². The van der Waals surface area contributed by atoms with E-state index >= 15 is 0 Å². The van der Waals surface area contributed by atoms with Crippen molar-refractivity contribution in [2.75, 3.05) is 45.9 Å². The molecule has 130 valence electrons. The quantitative estimate of drug-likeness (QED) is 0.789. The molecule has 1 fully saturated rings. The van der Waals surface area contributed by atoms with Crippen LogP contribution in [0.2, 0.25) is 0 Å². The second-order valence-electron chi connectivity index (χ2n) is 5.90. The van der Waals surface area contributed by atoms with Crippen LogP contribution in [0.3, 0.4) is 0 Å². The van der Waals surface area contributed by atoms with Crippen LogP contribution >= 0.6 is 0 Å². The molecule has 7 nitrogen and oxygen atoms in total. The van der Waals surface area contributed by atoms with Crippen molar-refractivity contribution in [2.24, 2.45) is 0 Å². The average molecular weight is 339 g/mol. The van der Waals surface area contributed by atoms with Gasteiger partial charge < -0.3 is 9.64 Å². The normalized spacial score (nSPS) is 15.0. The van der Waals surface area contributed by atoms with E-state index in [1.54, 1.807) is 4.90 Å². The number of hydrogen-bond acceptors (Lipinski definition) is 6. The lowest BCUT2D eigenvalue weighted by Crippen LogP contribution is -2.43. The van der Waals surface area contributed by atoms with E-state index in [1.807, 2.05) is 24.3 Å². The number of nitriles is 1. The predicted octanol–water partition coefficient (Wildman–Crippen LogP) is 1.32. The Morgan fingerprint density at radius 3 is 2.76 bits per heavy atom. The maximum absolute atomic E-state index is 12.8.